The molecular weight excluding hydrogens is 311 g/mol. The molecule has 0 bridgehead atoms. The van der Waals surface area contributed by atoms with Crippen LogP contribution < -0.4 is 5.56 Å². The highest BCUT2D eigenvalue weighted by Crippen LogP contribution is 2.29. The zero-order valence-corrected chi connectivity index (χ0v) is 13.1. The second kappa shape index (κ2) is 6.33. The molecule has 0 aliphatic carbocycles. The molecule has 0 unspecified atom stereocenters. The number of halogens is 2. The molecule has 1 heterocycles. The number of rotatable bonds is 3. The average Bonchev–Trinajstić information content (AvgIpc) is 2.45. The molecule has 6 heteroatoms. The number of benzene rings is 1. The van der Waals surface area contributed by atoms with Crippen molar-refractivity contribution in [1.29, 1.82) is 0 Å². The number of nitrogens with one attached hydrogen (secondary N) is 1. The third kappa shape index (κ3) is 3.28. The fourth-order valence-electron chi connectivity index (χ4n) is 2.00. The lowest BCUT2D eigenvalue weighted by atomic mass is 10.1. The number of hydrogen-bond donors (Lipinski definition) is 1. The number of aromatic nitrogens is 1. The Balaban J connectivity index is 2.31. The van der Waals surface area contributed by atoms with E-state index in [1.54, 1.807) is 31.3 Å². The van der Waals surface area contributed by atoms with Crippen molar-refractivity contribution in [2.75, 3.05) is 7.05 Å². The molecule has 0 aliphatic rings. The molecule has 1 aromatic carbocycles. The first-order chi connectivity index (χ1) is 9.91. The lowest BCUT2D eigenvalue weighted by Crippen LogP contribution is -2.33. The third-order valence-electron chi connectivity index (χ3n) is 3.36. The number of nitrogens with zero attached hydrogens (tertiary/aromatic N) is 1. The molecule has 1 atom stereocenters. The monoisotopic (exact) mass is 324 g/mol. The van der Waals surface area contributed by atoms with E-state index in [1.165, 1.54) is 17.2 Å². The number of pyridine rings is 1. The summed E-state index contributed by atoms with van der Waals surface area (Å²) in [4.78, 5) is 28.0. The van der Waals surface area contributed by atoms with Gasteiger partial charge in [-0.3, -0.25) is 9.59 Å². The molecule has 0 saturated carbocycles. The molecule has 1 N–H and O–H groups in total. The standard InChI is InChI=1S/C15H14Cl2N2O2/c1-9(11-6-5-10(16)8-13(11)17)19(2)15(21)12-4-3-7-18-14(12)20/h3-9H,1-2H3,(H,18,20)/t9-/m0/s1. The van der Waals surface area contributed by atoms with E-state index in [4.69, 9.17) is 23.2 Å². The minimum Gasteiger partial charge on any atom is -0.335 e. The van der Waals surface area contributed by atoms with Crippen LogP contribution in [0.2, 0.25) is 10.0 Å². The van der Waals surface area contributed by atoms with Gasteiger partial charge in [0.15, 0.2) is 0 Å². The highest BCUT2D eigenvalue weighted by molar-refractivity contribution is 6.35. The predicted molar refractivity (Wildman–Crippen MR) is 84.0 cm³/mol. The van der Waals surface area contributed by atoms with Crippen LogP contribution in [0.3, 0.4) is 0 Å². The Labute approximate surface area is 132 Å². The van der Waals surface area contributed by atoms with Gasteiger partial charge in [0.2, 0.25) is 0 Å². The SMILES string of the molecule is C[C@@H](c1ccc(Cl)cc1Cl)N(C)C(=O)c1ccc[nH]c1=O. The number of carbonyl (C=O) groups is 1. The normalized spacial score (nSPS) is 12.0. The predicted octanol–water partition coefficient (Wildman–Crippen LogP) is 3.51. The van der Waals surface area contributed by atoms with Crippen molar-refractivity contribution in [2.24, 2.45) is 0 Å². The van der Waals surface area contributed by atoms with Crippen LogP contribution in [0.5, 0.6) is 0 Å². The summed E-state index contributed by atoms with van der Waals surface area (Å²) in [5.41, 5.74) is 0.449. The van der Waals surface area contributed by atoms with Gasteiger partial charge in [0.05, 0.1) is 6.04 Å². The summed E-state index contributed by atoms with van der Waals surface area (Å²) in [5, 5.41) is 1.01. The maximum Gasteiger partial charge on any atom is 0.260 e. The zero-order chi connectivity index (χ0) is 15.6. The fourth-order valence-corrected chi connectivity index (χ4v) is 2.57. The number of amides is 1. The van der Waals surface area contributed by atoms with Gasteiger partial charge in [0, 0.05) is 23.3 Å². The number of hydrogen-bond acceptors (Lipinski definition) is 2. The number of carbonyl (C=O) groups excluding carboxylic acids is 1. The third-order valence-corrected chi connectivity index (χ3v) is 3.92. The molecule has 21 heavy (non-hydrogen) atoms. The quantitative estimate of drug-likeness (QED) is 0.939. The second-order valence-corrected chi connectivity index (χ2v) is 5.51. The highest BCUT2D eigenvalue weighted by atomic mass is 35.5. The van der Waals surface area contributed by atoms with Gasteiger partial charge in [-0.05, 0) is 36.8 Å². The van der Waals surface area contributed by atoms with Gasteiger partial charge >= 0.3 is 0 Å². The van der Waals surface area contributed by atoms with Crippen molar-refractivity contribution in [3.63, 3.8) is 0 Å². The summed E-state index contributed by atoms with van der Waals surface area (Å²) in [7, 11) is 1.63. The molecule has 4 nitrogen and oxygen atoms in total. The van der Waals surface area contributed by atoms with E-state index in [0.29, 0.717) is 10.0 Å². The Morgan fingerprint density at radius 1 is 1.29 bits per heavy atom. The summed E-state index contributed by atoms with van der Waals surface area (Å²) in [5.74, 6) is -0.365. The molecule has 2 rings (SSSR count). The minimum absolute atomic E-state index is 0.0944. The Morgan fingerprint density at radius 3 is 2.62 bits per heavy atom. The van der Waals surface area contributed by atoms with Crippen molar-refractivity contribution in [1.82, 2.24) is 9.88 Å². The lowest BCUT2D eigenvalue weighted by molar-refractivity contribution is 0.0741. The van der Waals surface area contributed by atoms with E-state index >= 15 is 0 Å². The first-order valence-corrected chi connectivity index (χ1v) is 7.07. The van der Waals surface area contributed by atoms with Crippen molar-refractivity contribution < 1.29 is 4.79 Å². The van der Waals surface area contributed by atoms with Crippen LogP contribution in [0.1, 0.15) is 28.9 Å². The van der Waals surface area contributed by atoms with Gasteiger partial charge in [-0.25, -0.2) is 0 Å². The van der Waals surface area contributed by atoms with Gasteiger partial charge in [0.25, 0.3) is 11.5 Å². The molecule has 0 fully saturated rings. The Bertz CT molecular complexity index is 728. The second-order valence-electron chi connectivity index (χ2n) is 4.67. The largest absolute Gasteiger partial charge is 0.335 e. The van der Waals surface area contributed by atoms with Crippen molar-refractivity contribution in [3.05, 3.63) is 68.1 Å². The van der Waals surface area contributed by atoms with Crippen molar-refractivity contribution in [2.45, 2.75) is 13.0 Å². The Hall–Kier alpha value is -1.78. The van der Waals surface area contributed by atoms with E-state index in [2.05, 4.69) is 4.98 Å². The van der Waals surface area contributed by atoms with Crippen LogP contribution in [0, 0.1) is 0 Å². The summed E-state index contributed by atoms with van der Waals surface area (Å²) < 4.78 is 0. The van der Waals surface area contributed by atoms with E-state index in [9.17, 15) is 9.59 Å². The maximum atomic E-state index is 12.4. The van der Waals surface area contributed by atoms with Gasteiger partial charge in [-0.15, -0.1) is 0 Å². The summed E-state index contributed by atoms with van der Waals surface area (Å²) in [6.07, 6.45) is 1.48. The van der Waals surface area contributed by atoms with Crippen LogP contribution in [-0.2, 0) is 0 Å². The van der Waals surface area contributed by atoms with E-state index in [1.807, 2.05) is 6.92 Å². The summed E-state index contributed by atoms with van der Waals surface area (Å²) in [6, 6.07) is 7.93. The van der Waals surface area contributed by atoms with Crippen LogP contribution in [0.15, 0.2) is 41.3 Å². The van der Waals surface area contributed by atoms with Gasteiger partial charge in [0.1, 0.15) is 5.56 Å². The van der Waals surface area contributed by atoms with E-state index in [0.717, 1.165) is 5.56 Å². The van der Waals surface area contributed by atoms with Gasteiger partial charge in [-0.2, -0.15) is 0 Å². The molecule has 0 saturated heterocycles. The smallest absolute Gasteiger partial charge is 0.260 e. The molecule has 0 radical (unpaired) electrons. The Morgan fingerprint density at radius 2 is 2.00 bits per heavy atom. The average molecular weight is 325 g/mol. The topological polar surface area (TPSA) is 53.2 Å². The number of H-pyrrole nitrogens is 1. The van der Waals surface area contributed by atoms with Crippen LogP contribution >= 0.6 is 23.2 Å². The highest BCUT2D eigenvalue weighted by Gasteiger charge is 2.22. The van der Waals surface area contributed by atoms with Crippen LogP contribution in [0.4, 0.5) is 0 Å². The van der Waals surface area contributed by atoms with E-state index < -0.39 is 5.56 Å². The molecule has 110 valence electrons. The zero-order valence-electron chi connectivity index (χ0n) is 11.6. The maximum absolute atomic E-state index is 12.4. The van der Waals surface area contributed by atoms with Gasteiger partial charge < -0.3 is 9.88 Å². The minimum atomic E-state index is -0.413. The van der Waals surface area contributed by atoms with Crippen molar-refractivity contribution in [3.8, 4) is 0 Å². The first-order valence-electron chi connectivity index (χ1n) is 6.31. The van der Waals surface area contributed by atoms with Crippen molar-refractivity contribution >= 4 is 29.1 Å². The molecule has 1 aromatic heterocycles. The Kier molecular flexibility index (Phi) is 4.70. The van der Waals surface area contributed by atoms with Crippen LogP contribution in [0.25, 0.3) is 0 Å². The molecule has 1 amide bonds. The summed E-state index contributed by atoms with van der Waals surface area (Å²) in [6.45, 7) is 1.84. The first kappa shape index (κ1) is 15.6. The number of aromatic amines is 1. The van der Waals surface area contributed by atoms with E-state index in [-0.39, 0.29) is 17.5 Å². The fraction of sp³-hybridized carbons (Fsp3) is 0.200. The summed E-state index contributed by atoms with van der Waals surface area (Å²) >= 11 is 12.0. The van der Waals surface area contributed by atoms with Crippen LogP contribution in [-0.4, -0.2) is 22.8 Å². The molecule has 0 spiro atoms. The lowest BCUT2D eigenvalue weighted by Gasteiger charge is -2.26. The van der Waals surface area contributed by atoms with Gasteiger partial charge in [-0.1, -0.05) is 29.3 Å². The molecule has 2 aromatic rings. The molecule has 0 aliphatic heterocycles. The molecular formula is C15H14Cl2N2O2.